The van der Waals surface area contributed by atoms with E-state index in [1.807, 2.05) is 13.0 Å². The van der Waals surface area contributed by atoms with E-state index in [1.54, 1.807) is 6.07 Å². The van der Waals surface area contributed by atoms with Gasteiger partial charge in [-0.05, 0) is 37.5 Å². The van der Waals surface area contributed by atoms with Crippen molar-refractivity contribution < 1.29 is 9.53 Å². The molecule has 4 nitrogen and oxygen atoms in total. The van der Waals surface area contributed by atoms with E-state index in [2.05, 4.69) is 21.2 Å². The molecule has 0 aromatic heterocycles. The molecule has 3 N–H and O–H groups in total. The molecule has 1 aliphatic heterocycles. The van der Waals surface area contributed by atoms with Crippen molar-refractivity contribution in [2.24, 2.45) is 0 Å². The summed E-state index contributed by atoms with van der Waals surface area (Å²) < 4.78 is 6.35. The van der Waals surface area contributed by atoms with Crippen molar-refractivity contribution in [2.75, 3.05) is 17.7 Å². The van der Waals surface area contributed by atoms with E-state index in [4.69, 9.17) is 10.5 Å². The molecule has 1 fully saturated rings. The zero-order chi connectivity index (χ0) is 13.1. The second-order valence-electron chi connectivity index (χ2n) is 4.57. The Morgan fingerprint density at radius 1 is 1.61 bits per heavy atom. The van der Waals surface area contributed by atoms with Gasteiger partial charge in [0.05, 0.1) is 23.9 Å². The minimum absolute atomic E-state index is 0.0426. The Hall–Kier alpha value is -1.07. The Morgan fingerprint density at radius 2 is 2.39 bits per heavy atom. The molecule has 0 saturated carbocycles. The zero-order valence-corrected chi connectivity index (χ0v) is 11.9. The van der Waals surface area contributed by atoms with Gasteiger partial charge in [-0.1, -0.05) is 15.9 Å². The fraction of sp³-hybridized carbons (Fsp3) is 0.462. The number of carbonyl (C=O) groups excluding carboxylic acids is 1. The number of nitrogens with two attached hydrogens (primary N) is 1. The van der Waals surface area contributed by atoms with Gasteiger partial charge in [-0.2, -0.15) is 0 Å². The predicted molar refractivity (Wildman–Crippen MR) is 75.5 cm³/mol. The molecule has 18 heavy (non-hydrogen) atoms. The van der Waals surface area contributed by atoms with Crippen molar-refractivity contribution in [3.63, 3.8) is 0 Å². The maximum atomic E-state index is 11.9. The first-order valence-corrected chi connectivity index (χ1v) is 6.82. The normalized spacial score (nSPS) is 18.9. The van der Waals surface area contributed by atoms with Crippen LogP contribution >= 0.6 is 15.9 Å². The van der Waals surface area contributed by atoms with Gasteiger partial charge in [0.15, 0.2) is 0 Å². The predicted octanol–water partition coefficient (Wildman–Crippen LogP) is 2.85. The summed E-state index contributed by atoms with van der Waals surface area (Å²) in [6, 6.07) is 3.72. The summed E-state index contributed by atoms with van der Waals surface area (Å²) in [4.78, 5) is 11.9. The highest BCUT2D eigenvalue weighted by Crippen LogP contribution is 2.28. The number of halogens is 1. The largest absolute Gasteiger partial charge is 0.397 e. The second-order valence-corrected chi connectivity index (χ2v) is 5.49. The first-order valence-electron chi connectivity index (χ1n) is 6.03. The topological polar surface area (TPSA) is 64.3 Å². The van der Waals surface area contributed by atoms with Gasteiger partial charge in [0.1, 0.15) is 0 Å². The summed E-state index contributed by atoms with van der Waals surface area (Å²) in [7, 11) is 0. The first kappa shape index (κ1) is 13.4. The number of benzene rings is 1. The minimum Gasteiger partial charge on any atom is -0.397 e. The Morgan fingerprint density at radius 3 is 3.00 bits per heavy atom. The monoisotopic (exact) mass is 312 g/mol. The molecule has 1 aliphatic rings. The number of hydrogen-bond acceptors (Lipinski definition) is 3. The Balaban J connectivity index is 2.02. The molecule has 1 aromatic rings. The fourth-order valence-electron chi connectivity index (χ4n) is 2.14. The molecule has 98 valence electrons. The molecule has 1 atom stereocenters. The van der Waals surface area contributed by atoms with Gasteiger partial charge in [0.25, 0.3) is 0 Å². The summed E-state index contributed by atoms with van der Waals surface area (Å²) in [5, 5.41) is 2.87. The van der Waals surface area contributed by atoms with Crippen LogP contribution in [0.5, 0.6) is 0 Å². The lowest BCUT2D eigenvalue weighted by Gasteiger charge is -2.14. The lowest BCUT2D eigenvalue weighted by atomic mass is 10.1. The van der Waals surface area contributed by atoms with Gasteiger partial charge < -0.3 is 15.8 Å². The smallest absolute Gasteiger partial charge is 0.227 e. The standard InChI is InChI=1S/C13H17BrN2O2/c1-8-5-9(14)6-11(15)13(8)16-12(17)7-10-3-2-4-18-10/h5-6,10H,2-4,7,15H2,1H3,(H,16,17). The van der Waals surface area contributed by atoms with E-state index < -0.39 is 0 Å². The van der Waals surface area contributed by atoms with Crippen molar-refractivity contribution >= 4 is 33.2 Å². The van der Waals surface area contributed by atoms with Crippen LogP contribution in [0.1, 0.15) is 24.8 Å². The number of anilines is 2. The Kier molecular flexibility index (Phi) is 4.24. The molecule has 5 heteroatoms. The number of nitrogens with one attached hydrogen (secondary N) is 1. The zero-order valence-electron chi connectivity index (χ0n) is 10.3. The lowest BCUT2D eigenvalue weighted by molar-refractivity contribution is -0.118. The van der Waals surface area contributed by atoms with Crippen LogP contribution in [0.25, 0.3) is 0 Å². The van der Waals surface area contributed by atoms with Crippen molar-refractivity contribution in [3.8, 4) is 0 Å². The average Bonchev–Trinajstić information content (AvgIpc) is 2.76. The minimum atomic E-state index is -0.0426. The summed E-state index contributed by atoms with van der Waals surface area (Å²) in [6.45, 7) is 2.68. The highest BCUT2D eigenvalue weighted by Gasteiger charge is 2.19. The highest BCUT2D eigenvalue weighted by atomic mass is 79.9. The van der Waals surface area contributed by atoms with Crippen molar-refractivity contribution in [1.82, 2.24) is 0 Å². The SMILES string of the molecule is Cc1cc(Br)cc(N)c1NC(=O)CC1CCCO1. The third-order valence-corrected chi connectivity index (χ3v) is 3.49. The van der Waals surface area contributed by atoms with Crippen molar-refractivity contribution in [2.45, 2.75) is 32.3 Å². The molecule has 1 unspecified atom stereocenters. The molecule has 0 bridgehead atoms. The van der Waals surface area contributed by atoms with E-state index in [9.17, 15) is 4.79 Å². The molecule has 1 aromatic carbocycles. The number of nitrogen functional groups attached to an aromatic ring is 1. The molecule has 1 amide bonds. The molecule has 2 rings (SSSR count). The van der Waals surface area contributed by atoms with Crippen molar-refractivity contribution in [1.29, 1.82) is 0 Å². The highest BCUT2D eigenvalue weighted by molar-refractivity contribution is 9.10. The van der Waals surface area contributed by atoms with Gasteiger partial charge >= 0.3 is 0 Å². The third-order valence-electron chi connectivity index (χ3n) is 3.03. The van der Waals surface area contributed by atoms with E-state index in [0.29, 0.717) is 17.8 Å². The molecule has 0 aliphatic carbocycles. The van der Waals surface area contributed by atoms with Crippen LogP contribution in [-0.2, 0) is 9.53 Å². The number of amides is 1. The summed E-state index contributed by atoms with van der Waals surface area (Å²) >= 11 is 3.37. The molecule has 1 heterocycles. The number of carbonyl (C=O) groups is 1. The molecule has 0 radical (unpaired) electrons. The number of hydrogen-bond donors (Lipinski definition) is 2. The van der Waals surface area contributed by atoms with Gasteiger partial charge in [-0.15, -0.1) is 0 Å². The lowest BCUT2D eigenvalue weighted by Crippen LogP contribution is -2.20. The second kappa shape index (κ2) is 5.71. The van der Waals surface area contributed by atoms with Crippen LogP contribution in [0.2, 0.25) is 0 Å². The van der Waals surface area contributed by atoms with Gasteiger partial charge in [-0.25, -0.2) is 0 Å². The first-order chi connectivity index (χ1) is 8.56. The third kappa shape index (κ3) is 3.23. The fourth-order valence-corrected chi connectivity index (χ4v) is 2.73. The van der Waals surface area contributed by atoms with E-state index in [-0.39, 0.29) is 12.0 Å². The van der Waals surface area contributed by atoms with Crippen LogP contribution in [0.4, 0.5) is 11.4 Å². The summed E-state index contributed by atoms with van der Waals surface area (Å²) in [5.74, 6) is -0.0426. The average molecular weight is 313 g/mol. The number of rotatable bonds is 3. The summed E-state index contributed by atoms with van der Waals surface area (Å²) in [6.07, 6.45) is 2.45. The van der Waals surface area contributed by atoms with Crippen LogP contribution in [0.3, 0.4) is 0 Å². The van der Waals surface area contributed by atoms with E-state index in [0.717, 1.165) is 29.5 Å². The maximum Gasteiger partial charge on any atom is 0.227 e. The molecular formula is C13H17BrN2O2. The van der Waals surface area contributed by atoms with Gasteiger partial charge in [-0.3, -0.25) is 4.79 Å². The molecule has 1 saturated heterocycles. The van der Waals surface area contributed by atoms with Gasteiger partial charge in [0, 0.05) is 11.1 Å². The van der Waals surface area contributed by atoms with Crippen LogP contribution < -0.4 is 11.1 Å². The van der Waals surface area contributed by atoms with Crippen LogP contribution in [0.15, 0.2) is 16.6 Å². The summed E-state index contributed by atoms with van der Waals surface area (Å²) in [5.41, 5.74) is 8.12. The number of aryl methyl sites for hydroxylation is 1. The Labute approximate surface area is 115 Å². The van der Waals surface area contributed by atoms with E-state index >= 15 is 0 Å². The quantitative estimate of drug-likeness (QED) is 0.843. The van der Waals surface area contributed by atoms with Crippen LogP contribution in [0, 0.1) is 6.92 Å². The Bertz CT molecular complexity index is 433. The van der Waals surface area contributed by atoms with E-state index in [1.165, 1.54) is 0 Å². The van der Waals surface area contributed by atoms with Crippen molar-refractivity contribution in [3.05, 3.63) is 22.2 Å². The molecular weight excluding hydrogens is 296 g/mol. The molecule has 0 spiro atoms. The van der Waals surface area contributed by atoms with Crippen LogP contribution in [-0.4, -0.2) is 18.6 Å². The van der Waals surface area contributed by atoms with Gasteiger partial charge in [0.2, 0.25) is 5.91 Å². The maximum absolute atomic E-state index is 11.9. The number of ether oxygens (including phenoxy) is 1.